The molecule has 2 aromatic rings. The number of piperazine rings is 1. The largest absolute Gasteiger partial charge is 0.345 e. The topological polar surface area (TPSA) is 52.2 Å². The van der Waals surface area contributed by atoms with Crippen LogP contribution < -0.4 is 0 Å². The van der Waals surface area contributed by atoms with E-state index >= 15 is 0 Å². The Bertz CT molecular complexity index is 695. The number of nitrogens with one attached hydrogen (secondary N) is 1. The zero-order valence-corrected chi connectivity index (χ0v) is 13.0. The van der Waals surface area contributed by atoms with Crippen molar-refractivity contribution in [3.05, 3.63) is 30.1 Å². The lowest BCUT2D eigenvalue weighted by Crippen LogP contribution is -2.60. The van der Waals surface area contributed by atoms with E-state index in [0.29, 0.717) is 6.04 Å². The van der Waals surface area contributed by atoms with Crippen LogP contribution >= 0.6 is 0 Å². The lowest BCUT2D eigenvalue weighted by atomic mass is 9.96. The van der Waals surface area contributed by atoms with Crippen molar-refractivity contribution in [3.8, 4) is 0 Å². The standard InChI is InChI=1S/C17H22N4O/c1-12-9-20-7-3-2-4-14(20)10-21(12)17(22)13-5-6-15-16(8-13)19-11-18-15/h5-6,8,11-12,14H,2-4,7,9-10H2,1H3,(H,18,19). The maximum atomic E-state index is 12.9. The summed E-state index contributed by atoms with van der Waals surface area (Å²) in [7, 11) is 0. The molecule has 0 spiro atoms. The zero-order valence-electron chi connectivity index (χ0n) is 13.0. The molecule has 2 saturated heterocycles. The fourth-order valence-electron chi connectivity index (χ4n) is 3.87. The molecule has 5 heteroatoms. The maximum absolute atomic E-state index is 12.9. The van der Waals surface area contributed by atoms with E-state index in [9.17, 15) is 4.79 Å². The zero-order chi connectivity index (χ0) is 15.1. The number of H-pyrrole nitrogens is 1. The molecule has 1 aromatic heterocycles. The quantitative estimate of drug-likeness (QED) is 0.878. The number of fused-ring (bicyclic) bond motifs is 2. The van der Waals surface area contributed by atoms with Crippen LogP contribution in [0.2, 0.25) is 0 Å². The molecule has 22 heavy (non-hydrogen) atoms. The lowest BCUT2D eigenvalue weighted by Gasteiger charge is -2.47. The van der Waals surface area contributed by atoms with Gasteiger partial charge >= 0.3 is 0 Å². The Labute approximate surface area is 130 Å². The summed E-state index contributed by atoms with van der Waals surface area (Å²) in [5, 5.41) is 0. The second-order valence-corrected chi connectivity index (χ2v) is 6.59. The normalized spacial score (nSPS) is 26.1. The molecule has 2 aliphatic rings. The minimum Gasteiger partial charge on any atom is -0.345 e. The van der Waals surface area contributed by atoms with E-state index in [-0.39, 0.29) is 11.9 Å². The van der Waals surface area contributed by atoms with Crippen LogP contribution in [0.3, 0.4) is 0 Å². The summed E-state index contributed by atoms with van der Waals surface area (Å²) in [5.41, 5.74) is 2.59. The van der Waals surface area contributed by atoms with Crippen molar-refractivity contribution in [1.29, 1.82) is 0 Å². The Morgan fingerprint density at radius 2 is 2.23 bits per heavy atom. The summed E-state index contributed by atoms with van der Waals surface area (Å²) < 4.78 is 0. The number of aromatic nitrogens is 2. The van der Waals surface area contributed by atoms with Crippen molar-refractivity contribution in [3.63, 3.8) is 0 Å². The molecule has 2 fully saturated rings. The first-order chi connectivity index (χ1) is 10.7. The van der Waals surface area contributed by atoms with Gasteiger partial charge in [-0.3, -0.25) is 9.69 Å². The molecule has 3 heterocycles. The molecule has 4 rings (SSSR count). The molecule has 0 radical (unpaired) electrons. The number of carbonyl (C=O) groups excluding carboxylic acids is 1. The minimum absolute atomic E-state index is 0.147. The Balaban J connectivity index is 1.58. The van der Waals surface area contributed by atoms with Crippen LogP contribution in [0.4, 0.5) is 0 Å². The van der Waals surface area contributed by atoms with Gasteiger partial charge in [0.15, 0.2) is 0 Å². The summed E-state index contributed by atoms with van der Waals surface area (Å²) in [5.74, 6) is 0.147. The highest BCUT2D eigenvalue weighted by Crippen LogP contribution is 2.25. The van der Waals surface area contributed by atoms with Gasteiger partial charge in [-0.1, -0.05) is 6.42 Å². The van der Waals surface area contributed by atoms with Crippen LogP contribution in [0.5, 0.6) is 0 Å². The van der Waals surface area contributed by atoms with Gasteiger partial charge in [-0.25, -0.2) is 4.98 Å². The van der Waals surface area contributed by atoms with Gasteiger partial charge in [-0.15, -0.1) is 0 Å². The van der Waals surface area contributed by atoms with E-state index in [4.69, 9.17) is 0 Å². The molecule has 5 nitrogen and oxygen atoms in total. The molecule has 116 valence electrons. The highest BCUT2D eigenvalue weighted by molar-refractivity contribution is 5.97. The first-order valence-electron chi connectivity index (χ1n) is 8.20. The molecular formula is C17H22N4O. The number of rotatable bonds is 1. The van der Waals surface area contributed by atoms with E-state index in [1.807, 2.05) is 18.2 Å². The number of imidazole rings is 1. The molecule has 2 aliphatic heterocycles. The molecule has 0 saturated carbocycles. The molecule has 1 amide bonds. The van der Waals surface area contributed by atoms with Crippen LogP contribution in [0.1, 0.15) is 36.5 Å². The number of hydrogen-bond acceptors (Lipinski definition) is 3. The Hall–Kier alpha value is -1.88. The van der Waals surface area contributed by atoms with Crippen LogP contribution in [-0.4, -0.2) is 57.4 Å². The van der Waals surface area contributed by atoms with E-state index in [0.717, 1.165) is 29.7 Å². The van der Waals surface area contributed by atoms with Crippen LogP contribution in [0.15, 0.2) is 24.5 Å². The number of benzene rings is 1. The third-order valence-electron chi connectivity index (χ3n) is 5.12. The predicted octanol–water partition coefficient (Wildman–Crippen LogP) is 2.26. The van der Waals surface area contributed by atoms with Gasteiger partial charge < -0.3 is 9.88 Å². The molecular weight excluding hydrogens is 276 g/mol. The second-order valence-electron chi connectivity index (χ2n) is 6.59. The number of aromatic amines is 1. The van der Waals surface area contributed by atoms with Crippen LogP contribution in [-0.2, 0) is 0 Å². The lowest BCUT2D eigenvalue weighted by molar-refractivity contribution is 0.0152. The average molecular weight is 298 g/mol. The Morgan fingerprint density at radius 1 is 1.32 bits per heavy atom. The van der Waals surface area contributed by atoms with Gasteiger partial charge in [0.1, 0.15) is 0 Å². The van der Waals surface area contributed by atoms with Crippen molar-refractivity contribution in [2.75, 3.05) is 19.6 Å². The predicted molar refractivity (Wildman–Crippen MR) is 85.8 cm³/mol. The molecule has 2 unspecified atom stereocenters. The van der Waals surface area contributed by atoms with E-state index in [1.54, 1.807) is 6.33 Å². The fraction of sp³-hybridized carbons (Fsp3) is 0.529. The van der Waals surface area contributed by atoms with Gasteiger partial charge in [0.05, 0.1) is 17.4 Å². The molecule has 1 N–H and O–H groups in total. The van der Waals surface area contributed by atoms with Gasteiger partial charge in [0.25, 0.3) is 5.91 Å². The minimum atomic E-state index is 0.147. The summed E-state index contributed by atoms with van der Waals surface area (Å²) in [4.78, 5) is 24.8. The van der Waals surface area contributed by atoms with Crippen molar-refractivity contribution in [2.24, 2.45) is 0 Å². The Morgan fingerprint density at radius 3 is 3.14 bits per heavy atom. The molecule has 1 aromatic carbocycles. The molecule has 2 atom stereocenters. The van der Waals surface area contributed by atoms with Gasteiger partial charge in [-0.2, -0.15) is 0 Å². The monoisotopic (exact) mass is 298 g/mol. The fourth-order valence-corrected chi connectivity index (χ4v) is 3.87. The number of nitrogens with zero attached hydrogens (tertiary/aromatic N) is 3. The summed E-state index contributed by atoms with van der Waals surface area (Å²) >= 11 is 0. The number of piperidine rings is 1. The summed E-state index contributed by atoms with van der Waals surface area (Å²) in [6.07, 6.45) is 5.48. The first-order valence-corrected chi connectivity index (χ1v) is 8.20. The van der Waals surface area contributed by atoms with E-state index < -0.39 is 0 Å². The van der Waals surface area contributed by atoms with Gasteiger partial charge in [0, 0.05) is 30.7 Å². The highest BCUT2D eigenvalue weighted by Gasteiger charge is 2.35. The first kappa shape index (κ1) is 13.8. The van der Waals surface area contributed by atoms with Crippen molar-refractivity contribution >= 4 is 16.9 Å². The van der Waals surface area contributed by atoms with E-state index in [1.165, 1.54) is 25.8 Å². The van der Waals surface area contributed by atoms with Crippen LogP contribution in [0.25, 0.3) is 11.0 Å². The Kier molecular flexibility index (Phi) is 3.37. The third kappa shape index (κ3) is 2.29. The average Bonchev–Trinajstić information content (AvgIpc) is 3.01. The van der Waals surface area contributed by atoms with Gasteiger partial charge in [-0.05, 0) is 44.5 Å². The second kappa shape index (κ2) is 5.39. The van der Waals surface area contributed by atoms with E-state index in [2.05, 4.69) is 26.7 Å². The van der Waals surface area contributed by atoms with Crippen LogP contribution in [0, 0.1) is 0 Å². The van der Waals surface area contributed by atoms with Crippen molar-refractivity contribution in [1.82, 2.24) is 19.8 Å². The number of amides is 1. The third-order valence-corrected chi connectivity index (χ3v) is 5.12. The number of carbonyl (C=O) groups is 1. The number of hydrogen-bond donors (Lipinski definition) is 1. The van der Waals surface area contributed by atoms with Crippen molar-refractivity contribution in [2.45, 2.75) is 38.3 Å². The molecule has 0 bridgehead atoms. The van der Waals surface area contributed by atoms with Crippen molar-refractivity contribution < 1.29 is 4.79 Å². The maximum Gasteiger partial charge on any atom is 0.254 e. The highest BCUT2D eigenvalue weighted by atomic mass is 16.2. The van der Waals surface area contributed by atoms with Gasteiger partial charge in [0.2, 0.25) is 0 Å². The summed E-state index contributed by atoms with van der Waals surface area (Å²) in [6.45, 7) is 5.22. The molecule has 0 aliphatic carbocycles. The smallest absolute Gasteiger partial charge is 0.254 e. The SMILES string of the molecule is CC1CN2CCCCC2CN1C(=O)c1ccc2nc[nH]c2c1. The summed E-state index contributed by atoms with van der Waals surface area (Å²) in [6, 6.07) is 6.56.